The molecule has 0 heterocycles. The Balaban J connectivity index is 0.00000484. The van der Waals surface area contributed by atoms with Crippen LogP contribution in [0.5, 0.6) is 11.5 Å². The maximum atomic E-state index is 12.0. The molecule has 0 radical (unpaired) electrons. The fourth-order valence-electron chi connectivity index (χ4n) is 2.24. The molecule has 0 saturated heterocycles. The van der Waals surface area contributed by atoms with Crippen molar-refractivity contribution in [2.75, 3.05) is 20.8 Å². The summed E-state index contributed by atoms with van der Waals surface area (Å²) in [6, 6.07) is 5.36. The van der Waals surface area contributed by atoms with Crippen LogP contribution in [-0.2, 0) is 10.2 Å². The van der Waals surface area contributed by atoms with Gasteiger partial charge in [0.2, 0.25) is 5.91 Å². The van der Waals surface area contributed by atoms with Gasteiger partial charge in [-0.25, -0.2) is 0 Å². The van der Waals surface area contributed by atoms with Gasteiger partial charge in [0.15, 0.2) is 11.5 Å². The van der Waals surface area contributed by atoms with E-state index in [1.165, 1.54) is 0 Å². The molecule has 0 spiro atoms. The van der Waals surface area contributed by atoms with Crippen LogP contribution in [0.4, 0.5) is 0 Å². The number of nitrogens with two attached hydrogens (primary N) is 1. The van der Waals surface area contributed by atoms with Crippen LogP contribution >= 0.6 is 12.4 Å². The molecule has 1 aromatic carbocycles. The molecule has 0 aliphatic carbocycles. The van der Waals surface area contributed by atoms with Gasteiger partial charge in [-0.2, -0.15) is 0 Å². The van der Waals surface area contributed by atoms with Crippen molar-refractivity contribution >= 4 is 18.3 Å². The summed E-state index contributed by atoms with van der Waals surface area (Å²) in [4.78, 5) is 12.0. The predicted molar refractivity (Wildman–Crippen MR) is 95.7 cm³/mol. The van der Waals surface area contributed by atoms with E-state index in [-0.39, 0.29) is 23.7 Å². The van der Waals surface area contributed by atoms with Gasteiger partial charge in [0, 0.05) is 12.0 Å². The van der Waals surface area contributed by atoms with Crippen molar-refractivity contribution in [3.63, 3.8) is 0 Å². The number of amides is 1. The second-order valence-corrected chi connectivity index (χ2v) is 6.07. The largest absolute Gasteiger partial charge is 0.493 e. The van der Waals surface area contributed by atoms with Crippen molar-refractivity contribution in [3.8, 4) is 11.5 Å². The Bertz CT molecular complexity index is 507. The number of ether oxygens (including phenoxy) is 2. The molecule has 0 saturated carbocycles. The predicted octanol–water partition coefficient (Wildman–Crippen LogP) is 2.65. The Kier molecular flexibility index (Phi) is 9.02. The van der Waals surface area contributed by atoms with Crippen molar-refractivity contribution in [2.45, 2.75) is 45.1 Å². The van der Waals surface area contributed by atoms with E-state index in [4.69, 9.17) is 15.2 Å². The fraction of sp³-hybridized carbons (Fsp3) is 0.588. The second kappa shape index (κ2) is 9.63. The minimum Gasteiger partial charge on any atom is -0.493 e. The van der Waals surface area contributed by atoms with Gasteiger partial charge >= 0.3 is 0 Å². The lowest BCUT2D eigenvalue weighted by Gasteiger charge is -2.27. The van der Waals surface area contributed by atoms with E-state index in [9.17, 15) is 4.79 Å². The zero-order valence-corrected chi connectivity index (χ0v) is 15.5. The van der Waals surface area contributed by atoms with Crippen molar-refractivity contribution in [3.05, 3.63) is 23.8 Å². The molecular weight excluding hydrogens is 316 g/mol. The molecule has 23 heavy (non-hydrogen) atoms. The third-order valence-corrected chi connectivity index (χ3v) is 3.81. The van der Waals surface area contributed by atoms with Gasteiger partial charge < -0.3 is 20.5 Å². The Morgan fingerprint density at radius 2 is 1.87 bits per heavy atom. The van der Waals surface area contributed by atoms with Gasteiger partial charge in [-0.3, -0.25) is 4.79 Å². The summed E-state index contributed by atoms with van der Waals surface area (Å²) in [6.45, 7) is 6.67. The molecule has 6 heteroatoms. The number of nitrogens with one attached hydrogen (secondary N) is 1. The number of hydrogen-bond acceptors (Lipinski definition) is 4. The molecule has 0 aromatic heterocycles. The van der Waals surface area contributed by atoms with Gasteiger partial charge in [-0.15, -0.1) is 12.4 Å². The fourth-order valence-corrected chi connectivity index (χ4v) is 2.24. The summed E-state index contributed by atoms with van der Waals surface area (Å²) in [5, 5.41) is 2.94. The number of carbonyl (C=O) groups excluding carboxylic acids is 1. The number of hydrogen-bond donors (Lipinski definition) is 2. The van der Waals surface area contributed by atoms with Crippen LogP contribution in [-0.4, -0.2) is 32.7 Å². The first-order valence-corrected chi connectivity index (χ1v) is 7.61. The molecule has 1 rings (SSSR count). The van der Waals surface area contributed by atoms with Gasteiger partial charge in [0.1, 0.15) is 0 Å². The minimum absolute atomic E-state index is 0. The van der Waals surface area contributed by atoms with Crippen LogP contribution in [0.3, 0.4) is 0 Å². The van der Waals surface area contributed by atoms with Crippen LogP contribution in [0.25, 0.3) is 0 Å². The molecule has 1 atom stereocenters. The highest BCUT2D eigenvalue weighted by Crippen LogP contribution is 2.32. The zero-order chi connectivity index (χ0) is 16.8. The summed E-state index contributed by atoms with van der Waals surface area (Å²) in [7, 11) is 3.22. The lowest BCUT2D eigenvalue weighted by molar-refractivity contribution is -0.122. The van der Waals surface area contributed by atoms with Crippen LogP contribution in [0.1, 0.15) is 39.2 Å². The maximum Gasteiger partial charge on any atom is 0.236 e. The first-order chi connectivity index (χ1) is 10.4. The van der Waals surface area contributed by atoms with E-state index in [2.05, 4.69) is 19.2 Å². The summed E-state index contributed by atoms with van der Waals surface area (Å²) in [6.07, 6.45) is 1.59. The van der Waals surface area contributed by atoms with Crippen LogP contribution in [0.2, 0.25) is 0 Å². The quantitative estimate of drug-likeness (QED) is 0.760. The smallest absolute Gasteiger partial charge is 0.236 e. The SMILES string of the molecule is CCCC(N)C(=O)NCC(C)(C)c1ccc(OC)c(OC)c1.Cl. The zero-order valence-electron chi connectivity index (χ0n) is 14.6. The monoisotopic (exact) mass is 344 g/mol. The highest BCUT2D eigenvalue weighted by molar-refractivity contribution is 5.85. The topological polar surface area (TPSA) is 73.6 Å². The van der Waals surface area contributed by atoms with Crippen LogP contribution in [0, 0.1) is 0 Å². The Morgan fingerprint density at radius 1 is 1.26 bits per heavy atom. The molecule has 1 unspecified atom stereocenters. The summed E-state index contributed by atoms with van der Waals surface area (Å²) < 4.78 is 10.6. The van der Waals surface area contributed by atoms with Crippen molar-refractivity contribution in [2.24, 2.45) is 5.73 Å². The van der Waals surface area contributed by atoms with E-state index >= 15 is 0 Å². The molecule has 1 aromatic rings. The number of rotatable bonds is 8. The maximum absolute atomic E-state index is 12.0. The first-order valence-electron chi connectivity index (χ1n) is 7.61. The number of carbonyl (C=O) groups is 1. The minimum atomic E-state index is -0.439. The van der Waals surface area contributed by atoms with E-state index < -0.39 is 6.04 Å². The molecule has 0 aliphatic rings. The Labute approximate surface area is 145 Å². The number of halogens is 1. The lowest BCUT2D eigenvalue weighted by atomic mass is 9.84. The molecule has 3 N–H and O–H groups in total. The summed E-state index contributed by atoms with van der Waals surface area (Å²) >= 11 is 0. The summed E-state index contributed by atoms with van der Waals surface area (Å²) in [5.41, 5.74) is 6.66. The normalized spacial score (nSPS) is 12.1. The van der Waals surface area contributed by atoms with Gasteiger partial charge in [0.25, 0.3) is 0 Å². The Hall–Kier alpha value is -1.46. The van der Waals surface area contributed by atoms with E-state index in [0.29, 0.717) is 24.5 Å². The average molecular weight is 345 g/mol. The van der Waals surface area contributed by atoms with E-state index in [1.54, 1.807) is 14.2 Å². The van der Waals surface area contributed by atoms with Crippen LogP contribution < -0.4 is 20.5 Å². The van der Waals surface area contributed by atoms with Crippen molar-refractivity contribution in [1.29, 1.82) is 0 Å². The first kappa shape index (κ1) is 21.5. The molecular formula is C17H29ClN2O3. The van der Waals surface area contributed by atoms with E-state index in [1.807, 2.05) is 25.1 Å². The highest BCUT2D eigenvalue weighted by atomic mass is 35.5. The molecule has 0 bridgehead atoms. The Morgan fingerprint density at radius 3 is 2.39 bits per heavy atom. The van der Waals surface area contributed by atoms with Gasteiger partial charge in [-0.1, -0.05) is 33.3 Å². The van der Waals surface area contributed by atoms with E-state index in [0.717, 1.165) is 12.0 Å². The average Bonchev–Trinajstić information content (AvgIpc) is 2.52. The van der Waals surface area contributed by atoms with Crippen molar-refractivity contribution in [1.82, 2.24) is 5.32 Å². The number of benzene rings is 1. The third-order valence-electron chi connectivity index (χ3n) is 3.81. The number of methoxy groups -OCH3 is 2. The standard InChI is InChI=1S/C17H28N2O3.ClH/c1-6-7-13(18)16(20)19-11-17(2,3)12-8-9-14(21-4)15(10-12)22-5;/h8-10,13H,6-7,11,18H2,1-5H3,(H,19,20);1H. The van der Waals surface area contributed by atoms with Crippen molar-refractivity contribution < 1.29 is 14.3 Å². The third kappa shape index (κ3) is 5.92. The summed E-state index contributed by atoms with van der Waals surface area (Å²) in [5.74, 6) is 1.27. The second-order valence-electron chi connectivity index (χ2n) is 6.07. The molecule has 5 nitrogen and oxygen atoms in total. The highest BCUT2D eigenvalue weighted by Gasteiger charge is 2.24. The van der Waals surface area contributed by atoms with Gasteiger partial charge in [0.05, 0.1) is 20.3 Å². The molecule has 0 fully saturated rings. The molecule has 132 valence electrons. The lowest BCUT2D eigenvalue weighted by Crippen LogP contribution is -2.45. The van der Waals surface area contributed by atoms with Crippen LogP contribution in [0.15, 0.2) is 18.2 Å². The molecule has 0 aliphatic heterocycles. The van der Waals surface area contributed by atoms with Gasteiger partial charge in [-0.05, 0) is 24.1 Å². The molecule has 1 amide bonds.